The third-order valence-corrected chi connectivity index (χ3v) is 5.93. The van der Waals surface area contributed by atoms with E-state index in [2.05, 4.69) is 27.5 Å². The molecule has 1 saturated heterocycles. The van der Waals surface area contributed by atoms with Gasteiger partial charge in [-0.25, -0.2) is 9.67 Å². The number of anilines is 1. The Hall–Kier alpha value is -3.19. The van der Waals surface area contributed by atoms with Gasteiger partial charge in [-0.2, -0.15) is 5.10 Å². The number of pyridine rings is 1. The van der Waals surface area contributed by atoms with E-state index in [1.165, 1.54) is 5.56 Å². The lowest BCUT2D eigenvalue weighted by Crippen LogP contribution is -2.39. The summed E-state index contributed by atoms with van der Waals surface area (Å²) in [6, 6.07) is 15.4. The molecule has 0 aliphatic carbocycles. The van der Waals surface area contributed by atoms with Crippen LogP contribution in [0.2, 0.25) is 5.15 Å². The molecular formula is C24H26ClN5O2. The number of hydrogen-bond acceptors (Lipinski definition) is 4. The lowest BCUT2D eigenvalue weighted by molar-refractivity contribution is -0.116. The molecule has 0 bridgehead atoms. The van der Waals surface area contributed by atoms with Crippen LogP contribution in [0.3, 0.4) is 0 Å². The first-order valence-corrected chi connectivity index (χ1v) is 11.3. The smallest absolute Gasteiger partial charge is 0.254 e. The number of nitrogens with zero attached hydrogens (tertiary/aromatic N) is 4. The Labute approximate surface area is 192 Å². The zero-order valence-corrected chi connectivity index (χ0v) is 18.5. The number of likely N-dealkylation sites (tertiary alicyclic amines) is 1. The van der Waals surface area contributed by atoms with Crippen LogP contribution in [0.1, 0.15) is 47.6 Å². The van der Waals surface area contributed by atoms with E-state index in [1.54, 1.807) is 24.5 Å². The highest BCUT2D eigenvalue weighted by Gasteiger charge is 2.26. The minimum absolute atomic E-state index is 0.00939. The summed E-state index contributed by atoms with van der Waals surface area (Å²) in [5, 5.41) is 7.74. The van der Waals surface area contributed by atoms with E-state index in [-0.39, 0.29) is 17.9 Å². The standard InChI is InChI=1S/C24H26ClN5O2/c25-21-17-19(9-13-26-21)24(32)29-15-11-20(12-16-29)30-22(10-14-27-30)28-23(31)8-4-7-18-5-2-1-3-6-18/h1-3,5-6,9-10,13-14,17,20H,4,7-8,11-12,15-16H2,(H,28,31). The number of aryl methyl sites for hydroxylation is 1. The van der Waals surface area contributed by atoms with Crippen molar-refractivity contribution in [1.82, 2.24) is 19.7 Å². The van der Waals surface area contributed by atoms with Crippen LogP contribution in [0.15, 0.2) is 60.9 Å². The molecule has 1 N–H and O–H groups in total. The Kier molecular flexibility index (Phi) is 7.17. The Bertz CT molecular complexity index is 1060. The number of benzene rings is 1. The van der Waals surface area contributed by atoms with Gasteiger partial charge in [0.2, 0.25) is 5.91 Å². The lowest BCUT2D eigenvalue weighted by atomic mass is 10.0. The normalized spacial score (nSPS) is 14.3. The second-order valence-corrected chi connectivity index (χ2v) is 8.33. The van der Waals surface area contributed by atoms with Gasteiger partial charge in [0.1, 0.15) is 11.0 Å². The van der Waals surface area contributed by atoms with E-state index in [0.717, 1.165) is 25.7 Å². The van der Waals surface area contributed by atoms with Crippen molar-refractivity contribution in [2.24, 2.45) is 0 Å². The summed E-state index contributed by atoms with van der Waals surface area (Å²) in [7, 11) is 0. The Morgan fingerprint density at radius 1 is 1.06 bits per heavy atom. The third-order valence-electron chi connectivity index (χ3n) is 5.72. The Morgan fingerprint density at radius 3 is 2.59 bits per heavy atom. The first kappa shape index (κ1) is 22.0. The Balaban J connectivity index is 1.28. The molecule has 2 amide bonds. The average Bonchev–Trinajstić information content (AvgIpc) is 3.27. The van der Waals surface area contributed by atoms with Gasteiger partial charge in [0.15, 0.2) is 0 Å². The van der Waals surface area contributed by atoms with Crippen LogP contribution in [-0.2, 0) is 11.2 Å². The molecule has 1 aliphatic rings. The van der Waals surface area contributed by atoms with E-state index < -0.39 is 0 Å². The van der Waals surface area contributed by atoms with Gasteiger partial charge in [-0.15, -0.1) is 0 Å². The van der Waals surface area contributed by atoms with Gasteiger partial charge >= 0.3 is 0 Å². The number of carbonyl (C=O) groups is 2. The zero-order valence-electron chi connectivity index (χ0n) is 17.8. The van der Waals surface area contributed by atoms with E-state index in [1.807, 2.05) is 33.8 Å². The van der Waals surface area contributed by atoms with Crippen LogP contribution in [0.25, 0.3) is 0 Å². The number of carbonyl (C=O) groups excluding carboxylic acids is 2. The fraction of sp³-hybridized carbons (Fsp3) is 0.333. The molecule has 2 aromatic heterocycles. The lowest BCUT2D eigenvalue weighted by Gasteiger charge is -2.32. The molecule has 0 atom stereocenters. The number of amides is 2. The van der Waals surface area contributed by atoms with Crippen molar-refractivity contribution in [3.63, 3.8) is 0 Å². The molecule has 32 heavy (non-hydrogen) atoms. The minimum Gasteiger partial charge on any atom is -0.338 e. The molecule has 0 saturated carbocycles. The van der Waals surface area contributed by atoms with Crippen molar-refractivity contribution >= 4 is 29.2 Å². The summed E-state index contributed by atoms with van der Waals surface area (Å²) < 4.78 is 1.88. The van der Waals surface area contributed by atoms with E-state index in [9.17, 15) is 9.59 Å². The van der Waals surface area contributed by atoms with Crippen LogP contribution >= 0.6 is 11.6 Å². The van der Waals surface area contributed by atoms with Gasteiger partial charge in [-0.3, -0.25) is 9.59 Å². The second kappa shape index (κ2) is 10.4. The number of halogens is 1. The molecule has 3 aromatic rings. The quantitative estimate of drug-likeness (QED) is 0.541. The van der Waals surface area contributed by atoms with Gasteiger partial charge < -0.3 is 10.2 Å². The molecule has 7 nitrogen and oxygen atoms in total. The summed E-state index contributed by atoms with van der Waals surface area (Å²) in [6.07, 6.45) is 6.91. The van der Waals surface area contributed by atoms with Crippen molar-refractivity contribution in [2.75, 3.05) is 18.4 Å². The molecule has 166 valence electrons. The molecule has 0 radical (unpaired) electrons. The van der Waals surface area contributed by atoms with Crippen molar-refractivity contribution < 1.29 is 9.59 Å². The molecule has 8 heteroatoms. The highest BCUT2D eigenvalue weighted by Crippen LogP contribution is 2.26. The molecule has 4 rings (SSSR count). The Morgan fingerprint density at radius 2 is 1.84 bits per heavy atom. The molecular weight excluding hydrogens is 426 g/mol. The van der Waals surface area contributed by atoms with Crippen molar-refractivity contribution in [2.45, 2.75) is 38.1 Å². The summed E-state index contributed by atoms with van der Waals surface area (Å²) in [4.78, 5) is 30.9. The number of aromatic nitrogens is 3. The largest absolute Gasteiger partial charge is 0.338 e. The summed E-state index contributed by atoms with van der Waals surface area (Å²) in [5.41, 5.74) is 1.78. The van der Waals surface area contributed by atoms with E-state index in [4.69, 9.17) is 11.6 Å². The molecule has 0 unspecified atom stereocenters. The van der Waals surface area contributed by atoms with Crippen LogP contribution in [0.5, 0.6) is 0 Å². The van der Waals surface area contributed by atoms with Crippen molar-refractivity contribution in [3.8, 4) is 0 Å². The van der Waals surface area contributed by atoms with Crippen LogP contribution in [0, 0.1) is 0 Å². The molecule has 1 fully saturated rings. The summed E-state index contributed by atoms with van der Waals surface area (Å²) in [5.74, 6) is 0.658. The highest BCUT2D eigenvalue weighted by molar-refractivity contribution is 6.29. The van der Waals surface area contributed by atoms with Crippen LogP contribution < -0.4 is 5.32 Å². The maximum atomic E-state index is 12.7. The predicted octanol–water partition coefficient (Wildman–Crippen LogP) is 4.37. The summed E-state index contributed by atoms with van der Waals surface area (Å²) in [6.45, 7) is 1.24. The van der Waals surface area contributed by atoms with Gasteiger partial charge in [0.25, 0.3) is 5.91 Å². The van der Waals surface area contributed by atoms with Gasteiger partial charge in [-0.1, -0.05) is 41.9 Å². The van der Waals surface area contributed by atoms with Gasteiger partial charge in [0, 0.05) is 37.3 Å². The number of rotatable bonds is 7. The molecule has 3 heterocycles. The van der Waals surface area contributed by atoms with Crippen LogP contribution in [0.4, 0.5) is 5.82 Å². The topological polar surface area (TPSA) is 80.1 Å². The maximum Gasteiger partial charge on any atom is 0.254 e. The maximum absolute atomic E-state index is 12.7. The average molecular weight is 452 g/mol. The fourth-order valence-corrected chi connectivity index (χ4v) is 4.21. The molecule has 1 aromatic carbocycles. The van der Waals surface area contributed by atoms with Gasteiger partial charge in [0.05, 0.1) is 12.2 Å². The van der Waals surface area contributed by atoms with Crippen molar-refractivity contribution in [1.29, 1.82) is 0 Å². The first-order chi connectivity index (χ1) is 15.6. The minimum atomic E-state index is -0.0415. The number of nitrogens with one attached hydrogen (secondary N) is 1. The van der Waals surface area contributed by atoms with E-state index >= 15 is 0 Å². The highest BCUT2D eigenvalue weighted by atomic mass is 35.5. The summed E-state index contributed by atoms with van der Waals surface area (Å²) >= 11 is 5.91. The SMILES string of the molecule is O=C(CCCc1ccccc1)Nc1ccnn1C1CCN(C(=O)c2ccnc(Cl)c2)CC1. The predicted molar refractivity (Wildman–Crippen MR) is 124 cm³/mol. The molecule has 0 spiro atoms. The zero-order chi connectivity index (χ0) is 22.3. The van der Waals surface area contributed by atoms with E-state index in [0.29, 0.717) is 36.0 Å². The van der Waals surface area contributed by atoms with Gasteiger partial charge in [-0.05, 0) is 43.4 Å². The van der Waals surface area contributed by atoms with Crippen molar-refractivity contribution in [3.05, 3.63) is 77.2 Å². The number of piperidine rings is 1. The molecule has 1 aliphatic heterocycles. The number of hydrogen-bond donors (Lipinski definition) is 1. The second-order valence-electron chi connectivity index (χ2n) is 7.94. The third kappa shape index (κ3) is 5.53. The monoisotopic (exact) mass is 451 g/mol. The first-order valence-electron chi connectivity index (χ1n) is 10.9. The van der Waals surface area contributed by atoms with Crippen LogP contribution in [-0.4, -0.2) is 44.6 Å². The fourth-order valence-electron chi connectivity index (χ4n) is 4.04.